The maximum Gasteiger partial charge on any atom is 0.123 e. The zero-order chi connectivity index (χ0) is 13.8. The molecule has 0 radical (unpaired) electrons. The van der Waals surface area contributed by atoms with Crippen molar-refractivity contribution in [2.45, 2.75) is 13.0 Å². The molecule has 2 aromatic carbocycles. The highest BCUT2D eigenvalue weighted by molar-refractivity contribution is 6.30. The smallest absolute Gasteiger partial charge is 0.123 e. The van der Waals surface area contributed by atoms with Crippen LogP contribution in [0.4, 0.5) is 10.1 Å². The molecule has 0 fully saturated rings. The highest BCUT2D eigenvalue weighted by Crippen LogP contribution is 2.21. The minimum atomic E-state index is -0.685. The Labute approximate surface area is 116 Å². The van der Waals surface area contributed by atoms with Crippen LogP contribution in [0.2, 0.25) is 5.02 Å². The first-order valence-electron chi connectivity index (χ1n) is 6.00. The molecule has 0 aliphatic rings. The molecule has 0 spiro atoms. The average Bonchev–Trinajstić information content (AvgIpc) is 2.38. The van der Waals surface area contributed by atoms with Crippen LogP contribution in [0, 0.1) is 12.7 Å². The topological polar surface area (TPSA) is 32.3 Å². The van der Waals surface area contributed by atoms with Crippen molar-refractivity contribution >= 4 is 17.3 Å². The fraction of sp³-hybridized carbons (Fsp3) is 0.200. The number of hydrogen-bond donors (Lipinski definition) is 2. The summed E-state index contributed by atoms with van der Waals surface area (Å²) in [6, 6.07) is 11.4. The number of halogens is 2. The van der Waals surface area contributed by atoms with Crippen LogP contribution < -0.4 is 5.32 Å². The molecule has 19 heavy (non-hydrogen) atoms. The lowest BCUT2D eigenvalue weighted by Gasteiger charge is -2.15. The summed E-state index contributed by atoms with van der Waals surface area (Å²) >= 11 is 5.88. The van der Waals surface area contributed by atoms with Crippen LogP contribution in [0.15, 0.2) is 42.5 Å². The van der Waals surface area contributed by atoms with Crippen LogP contribution in [0.3, 0.4) is 0 Å². The monoisotopic (exact) mass is 279 g/mol. The van der Waals surface area contributed by atoms with Gasteiger partial charge in [-0.05, 0) is 48.4 Å². The van der Waals surface area contributed by atoms with Gasteiger partial charge in [-0.2, -0.15) is 0 Å². The maximum absolute atomic E-state index is 12.8. The molecule has 0 aliphatic heterocycles. The van der Waals surface area contributed by atoms with E-state index in [0.29, 0.717) is 17.1 Å². The number of hydrogen-bond acceptors (Lipinski definition) is 2. The van der Waals surface area contributed by atoms with Gasteiger partial charge in [0.15, 0.2) is 0 Å². The Bertz CT molecular complexity index is 557. The number of aryl methyl sites for hydroxylation is 1. The fourth-order valence-corrected chi connectivity index (χ4v) is 2.06. The summed E-state index contributed by atoms with van der Waals surface area (Å²) in [6.45, 7) is 2.30. The molecule has 0 bridgehead atoms. The Morgan fingerprint density at radius 2 is 1.89 bits per heavy atom. The first kappa shape index (κ1) is 13.8. The van der Waals surface area contributed by atoms with Crippen LogP contribution in [0.5, 0.6) is 0 Å². The standard InChI is InChI=1S/C15H15ClFNO/c1-10-8-12(16)4-7-14(10)18-9-15(19)11-2-5-13(17)6-3-11/h2-8,15,18-19H,9H2,1H3. The predicted octanol–water partition coefficient (Wildman–Crippen LogP) is 3.93. The molecule has 100 valence electrons. The predicted molar refractivity (Wildman–Crippen MR) is 76.0 cm³/mol. The molecule has 0 heterocycles. The van der Waals surface area contributed by atoms with E-state index in [1.807, 2.05) is 19.1 Å². The number of nitrogens with one attached hydrogen (secondary N) is 1. The zero-order valence-corrected chi connectivity index (χ0v) is 11.3. The third-order valence-electron chi connectivity index (χ3n) is 2.93. The molecule has 0 amide bonds. The molecule has 0 saturated heterocycles. The molecule has 4 heteroatoms. The van der Waals surface area contributed by atoms with Crippen LogP contribution in [0.1, 0.15) is 17.2 Å². The summed E-state index contributed by atoms with van der Waals surface area (Å²) in [5.41, 5.74) is 2.62. The summed E-state index contributed by atoms with van der Waals surface area (Å²) in [4.78, 5) is 0. The summed E-state index contributed by atoms with van der Waals surface area (Å²) in [7, 11) is 0. The summed E-state index contributed by atoms with van der Waals surface area (Å²) in [5.74, 6) is -0.308. The minimum Gasteiger partial charge on any atom is -0.387 e. The van der Waals surface area contributed by atoms with Gasteiger partial charge in [0.05, 0.1) is 6.10 Å². The molecule has 2 N–H and O–H groups in total. The average molecular weight is 280 g/mol. The number of benzene rings is 2. The molecule has 0 aromatic heterocycles. The summed E-state index contributed by atoms with van der Waals surface area (Å²) in [6.07, 6.45) is -0.685. The van der Waals surface area contributed by atoms with Gasteiger partial charge in [0.2, 0.25) is 0 Å². The second-order valence-corrected chi connectivity index (χ2v) is 4.84. The van der Waals surface area contributed by atoms with Crippen molar-refractivity contribution in [1.82, 2.24) is 0 Å². The van der Waals surface area contributed by atoms with E-state index in [2.05, 4.69) is 5.32 Å². The van der Waals surface area contributed by atoms with E-state index in [9.17, 15) is 9.50 Å². The number of aliphatic hydroxyl groups is 1. The third kappa shape index (κ3) is 3.69. The van der Waals surface area contributed by atoms with E-state index in [0.717, 1.165) is 11.3 Å². The Morgan fingerprint density at radius 3 is 2.53 bits per heavy atom. The van der Waals surface area contributed by atoms with Crippen LogP contribution in [-0.4, -0.2) is 11.7 Å². The summed E-state index contributed by atoms with van der Waals surface area (Å²) in [5, 5.41) is 13.8. The molecule has 2 aromatic rings. The molecule has 0 aliphatic carbocycles. The van der Waals surface area contributed by atoms with Gasteiger partial charge in [0.25, 0.3) is 0 Å². The lowest BCUT2D eigenvalue weighted by atomic mass is 10.1. The normalized spacial score (nSPS) is 12.2. The molecular weight excluding hydrogens is 265 g/mol. The Hall–Kier alpha value is -1.58. The SMILES string of the molecule is Cc1cc(Cl)ccc1NCC(O)c1ccc(F)cc1. The van der Waals surface area contributed by atoms with Gasteiger partial charge < -0.3 is 10.4 Å². The zero-order valence-electron chi connectivity index (χ0n) is 10.5. The second-order valence-electron chi connectivity index (χ2n) is 4.41. The van der Waals surface area contributed by atoms with E-state index in [4.69, 9.17) is 11.6 Å². The van der Waals surface area contributed by atoms with E-state index >= 15 is 0 Å². The molecule has 2 nitrogen and oxygen atoms in total. The molecule has 2 rings (SSSR count). The van der Waals surface area contributed by atoms with Crippen LogP contribution >= 0.6 is 11.6 Å². The largest absolute Gasteiger partial charge is 0.387 e. The van der Waals surface area contributed by atoms with Crippen molar-refractivity contribution in [3.05, 3.63) is 64.4 Å². The van der Waals surface area contributed by atoms with Crippen molar-refractivity contribution < 1.29 is 9.50 Å². The van der Waals surface area contributed by atoms with Crippen LogP contribution in [-0.2, 0) is 0 Å². The highest BCUT2D eigenvalue weighted by atomic mass is 35.5. The van der Waals surface area contributed by atoms with Gasteiger partial charge in [-0.15, -0.1) is 0 Å². The molecule has 1 unspecified atom stereocenters. The van der Waals surface area contributed by atoms with Gasteiger partial charge in [0, 0.05) is 17.3 Å². The number of rotatable bonds is 4. The van der Waals surface area contributed by atoms with Crippen molar-refractivity contribution in [2.24, 2.45) is 0 Å². The van der Waals surface area contributed by atoms with Gasteiger partial charge in [0.1, 0.15) is 5.82 Å². The summed E-state index contributed by atoms with van der Waals surface area (Å²) < 4.78 is 12.8. The van der Waals surface area contributed by atoms with E-state index in [-0.39, 0.29) is 5.82 Å². The van der Waals surface area contributed by atoms with E-state index in [1.165, 1.54) is 12.1 Å². The molecule has 1 atom stereocenters. The minimum absolute atomic E-state index is 0.308. The molecule has 0 saturated carbocycles. The van der Waals surface area contributed by atoms with Gasteiger partial charge in [-0.1, -0.05) is 23.7 Å². The van der Waals surface area contributed by atoms with Gasteiger partial charge >= 0.3 is 0 Å². The van der Waals surface area contributed by atoms with E-state index in [1.54, 1.807) is 18.2 Å². The van der Waals surface area contributed by atoms with Crippen molar-refractivity contribution in [1.29, 1.82) is 0 Å². The Morgan fingerprint density at radius 1 is 1.21 bits per heavy atom. The van der Waals surface area contributed by atoms with Gasteiger partial charge in [-0.25, -0.2) is 4.39 Å². The number of aliphatic hydroxyl groups excluding tert-OH is 1. The Kier molecular flexibility index (Phi) is 4.40. The fourth-order valence-electron chi connectivity index (χ4n) is 1.83. The second kappa shape index (κ2) is 6.04. The van der Waals surface area contributed by atoms with Crippen molar-refractivity contribution in [2.75, 3.05) is 11.9 Å². The number of anilines is 1. The molecular formula is C15H15ClFNO. The van der Waals surface area contributed by atoms with Gasteiger partial charge in [-0.3, -0.25) is 0 Å². The van der Waals surface area contributed by atoms with Crippen molar-refractivity contribution in [3.63, 3.8) is 0 Å². The first-order chi connectivity index (χ1) is 9.06. The first-order valence-corrected chi connectivity index (χ1v) is 6.37. The maximum atomic E-state index is 12.8. The third-order valence-corrected chi connectivity index (χ3v) is 3.16. The van der Waals surface area contributed by atoms with Crippen molar-refractivity contribution in [3.8, 4) is 0 Å². The Balaban J connectivity index is 2.00. The van der Waals surface area contributed by atoms with E-state index < -0.39 is 6.10 Å². The highest BCUT2D eigenvalue weighted by Gasteiger charge is 2.08. The lowest BCUT2D eigenvalue weighted by Crippen LogP contribution is -2.12. The quantitative estimate of drug-likeness (QED) is 0.889. The van der Waals surface area contributed by atoms with Crippen LogP contribution in [0.25, 0.3) is 0 Å². The lowest BCUT2D eigenvalue weighted by molar-refractivity contribution is 0.191.